The van der Waals surface area contributed by atoms with E-state index in [-0.39, 0.29) is 11.4 Å². The summed E-state index contributed by atoms with van der Waals surface area (Å²) in [6.45, 7) is 0. The van der Waals surface area contributed by atoms with Gasteiger partial charge >= 0.3 is 0 Å². The number of carbonyl (C=O) groups excluding carboxylic acids is 1. The molecule has 0 unspecified atom stereocenters. The van der Waals surface area contributed by atoms with E-state index in [1.54, 1.807) is 6.07 Å². The number of aromatic nitrogens is 2. The highest BCUT2D eigenvalue weighted by Crippen LogP contribution is 2.22. The number of carbonyl (C=O) groups is 1. The number of rotatable bonds is 2. The van der Waals surface area contributed by atoms with E-state index in [4.69, 9.17) is 5.73 Å². The molecule has 0 aliphatic heterocycles. The Bertz CT molecular complexity index is 605. The molecule has 0 aromatic carbocycles. The van der Waals surface area contributed by atoms with E-state index < -0.39 is 11.7 Å². The van der Waals surface area contributed by atoms with Crippen LogP contribution in [0.5, 0.6) is 0 Å². The first-order valence-electron chi connectivity index (χ1n) is 4.90. The number of nitrogens with zero attached hydrogens (tertiary/aromatic N) is 2. The molecule has 0 atom stereocenters. The van der Waals surface area contributed by atoms with Crippen LogP contribution in [0.2, 0.25) is 0 Å². The van der Waals surface area contributed by atoms with Crippen LogP contribution in [0.25, 0.3) is 0 Å². The van der Waals surface area contributed by atoms with Crippen LogP contribution in [-0.2, 0) is 0 Å². The highest BCUT2D eigenvalue weighted by Gasteiger charge is 2.13. The maximum atomic E-state index is 13.3. The Labute approximate surface area is 110 Å². The van der Waals surface area contributed by atoms with Gasteiger partial charge in [-0.15, -0.1) is 0 Å². The number of nitrogens with two attached hydrogens (primary N) is 1. The molecule has 92 valence electrons. The second-order valence-electron chi connectivity index (χ2n) is 3.41. The molecule has 0 saturated carbocycles. The van der Waals surface area contributed by atoms with Crippen LogP contribution in [0, 0.1) is 5.82 Å². The van der Waals surface area contributed by atoms with E-state index in [1.807, 2.05) is 0 Å². The molecule has 0 saturated heterocycles. The van der Waals surface area contributed by atoms with Crippen LogP contribution >= 0.6 is 15.9 Å². The summed E-state index contributed by atoms with van der Waals surface area (Å²) in [7, 11) is 0. The lowest BCUT2D eigenvalue weighted by atomic mass is 10.2. The average molecular weight is 311 g/mol. The van der Waals surface area contributed by atoms with Gasteiger partial charge in [-0.2, -0.15) is 0 Å². The molecular formula is C11H8BrFN4O. The first-order valence-corrected chi connectivity index (χ1v) is 5.69. The van der Waals surface area contributed by atoms with Gasteiger partial charge in [0.1, 0.15) is 5.82 Å². The molecule has 18 heavy (non-hydrogen) atoms. The Morgan fingerprint density at radius 2 is 2.22 bits per heavy atom. The lowest BCUT2D eigenvalue weighted by Gasteiger charge is -2.07. The Morgan fingerprint density at radius 3 is 2.89 bits per heavy atom. The molecule has 0 fully saturated rings. The first-order chi connectivity index (χ1) is 8.58. The van der Waals surface area contributed by atoms with E-state index in [1.165, 1.54) is 18.5 Å². The summed E-state index contributed by atoms with van der Waals surface area (Å²) < 4.78 is 13.9. The van der Waals surface area contributed by atoms with Crippen molar-refractivity contribution in [3.05, 3.63) is 46.6 Å². The van der Waals surface area contributed by atoms with Crippen molar-refractivity contribution >= 4 is 33.3 Å². The third-order valence-electron chi connectivity index (χ3n) is 2.11. The fraction of sp³-hybridized carbons (Fsp3) is 0. The van der Waals surface area contributed by atoms with Crippen LogP contribution in [-0.4, -0.2) is 15.9 Å². The number of nitrogen functional groups attached to an aromatic ring is 1. The Morgan fingerprint density at radius 1 is 1.44 bits per heavy atom. The van der Waals surface area contributed by atoms with Gasteiger partial charge in [-0.05, 0) is 28.1 Å². The number of halogens is 2. The van der Waals surface area contributed by atoms with Crippen LogP contribution in [0.4, 0.5) is 15.9 Å². The van der Waals surface area contributed by atoms with Gasteiger partial charge in [-0.25, -0.2) is 9.37 Å². The second kappa shape index (κ2) is 5.09. The first kappa shape index (κ1) is 12.4. The van der Waals surface area contributed by atoms with Crippen molar-refractivity contribution in [2.45, 2.75) is 0 Å². The van der Waals surface area contributed by atoms with Crippen LogP contribution < -0.4 is 11.1 Å². The van der Waals surface area contributed by atoms with Gasteiger partial charge in [0.05, 0.1) is 28.1 Å². The standard InChI is InChI=1S/C11H8BrFN4O/c12-8-3-6(14)4-16-10(8)17-11(18)7-1-2-15-5-9(7)13/h1-5H,14H2,(H,16,17,18). The van der Waals surface area contributed by atoms with Crippen molar-refractivity contribution in [2.24, 2.45) is 0 Å². The van der Waals surface area contributed by atoms with E-state index in [0.29, 0.717) is 10.2 Å². The predicted molar refractivity (Wildman–Crippen MR) is 68.5 cm³/mol. The topological polar surface area (TPSA) is 80.9 Å². The minimum absolute atomic E-state index is 0.101. The quantitative estimate of drug-likeness (QED) is 0.891. The summed E-state index contributed by atoms with van der Waals surface area (Å²) in [5.41, 5.74) is 5.87. The third-order valence-corrected chi connectivity index (χ3v) is 2.72. The molecule has 1 amide bonds. The van der Waals surface area contributed by atoms with Crippen molar-refractivity contribution in [3.8, 4) is 0 Å². The molecule has 2 aromatic heterocycles. The Hall–Kier alpha value is -2.02. The minimum atomic E-state index is -0.693. The molecule has 0 bridgehead atoms. The summed E-state index contributed by atoms with van der Waals surface area (Å²) in [6.07, 6.45) is 3.70. The second-order valence-corrected chi connectivity index (χ2v) is 4.26. The van der Waals surface area contributed by atoms with Gasteiger partial charge in [0, 0.05) is 6.20 Å². The van der Waals surface area contributed by atoms with Gasteiger partial charge < -0.3 is 11.1 Å². The number of pyridine rings is 2. The molecule has 0 radical (unpaired) electrons. The molecular weight excluding hydrogens is 303 g/mol. The molecule has 5 nitrogen and oxygen atoms in total. The van der Waals surface area contributed by atoms with Gasteiger partial charge in [-0.3, -0.25) is 9.78 Å². The molecule has 0 aliphatic rings. The fourth-order valence-corrected chi connectivity index (χ4v) is 1.74. The maximum Gasteiger partial charge on any atom is 0.259 e. The highest BCUT2D eigenvalue weighted by molar-refractivity contribution is 9.10. The maximum absolute atomic E-state index is 13.3. The van der Waals surface area contributed by atoms with Gasteiger partial charge in [-0.1, -0.05) is 0 Å². The summed E-state index contributed by atoms with van der Waals surface area (Å²) >= 11 is 3.20. The molecule has 3 N–H and O–H groups in total. The molecule has 0 spiro atoms. The van der Waals surface area contributed by atoms with E-state index >= 15 is 0 Å². The lowest BCUT2D eigenvalue weighted by molar-refractivity contribution is 0.102. The SMILES string of the molecule is Nc1cnc(NC(=O)c2ccncc2F)c(Br)c1. The van der Waals surface area contributed by atoms with Gasteiger partial charge in [0.15, 0.2) is 5.82 Å². The summed E-state index contributed by atoms with van der Waals surface area (Å²) in [5, 5.41) is 2.47. The normalized spacial score (nSPS) is 10.1. The van der Waals surface area contributed by atoms with Crippen molar-refractivity contribution in [1.82, 2.24) is 9.97 Å². The zero-order valence-corrected chi connectivity index (χ0v) is 10.6. The highest BCUT2D eigenvalue weighted by atomic mass is 79.9. The van der Waals surface area contributed by atoms with Crippen molar-refractivity contribution < 1.29 is 9.18 Å². The number of amides is 1. The smallest absolute Gasteiger partial charge is 0.259 e. The van der Waals surface area contributed by atoms with Crippen LogP contribution in [0.3, 0.4) is 0 Å². The fourth-order valence-electron chi connectivity index (χ4n) is 1.28. The average Bonchev–Trinajstić information content (AvgIpc) is 2.33. The van der Waals surface area contributed by atoms with Crippen molar-refractivity contribution in [2.75, 3.05) is 11.1 Å². The molecule has 2 rings (SSSR count). The lowest BCUT2D eigenvalue weighted by Crippen LogP contribution is -2.15. The van der Waals surface area contributed by atoms with E-state index in [0.717, 1.165) is 6.20 Å². The minimum Gasteiger partial charge on any atom is -0.397 e. The molecule has 7 heteroatoms. The molecule has 0 aliphatic carbocycles. The van der Waals surface area contributed by atoms with Gasteiger partial charge in [0.25, 0.3) is 5.91 Å². The van der Waals surface area contributed by atoms with E-state index in [9.17, 15) is 9.18 Å². The monoisotopic (exact) mass is 310 g/mol. The zero-order chi connectivity index (χ0) is 13.1. The number of nitrogens with one attached hydrogen (secondary N) is 1. The molecule has 2 aromatic rings. The summed E-state index contributed by atoms with van der Waals surface area (Å²) in [4.78, 5) is 19.3. The van der Waals surface area contributed by atoms with Crippen molar-refractivity contribution in [3.63, 3.8) is 0 Å². The largest absolute Gasteiger partial charge is 0.397 e. The van der Waals surface area contributed by atoms with Gasteiger partial charge in [0.2, 0.25) is 0 Å². The number of anilines is 2. The third kappa shape index (κ3) is 2.62. The number of hydrogen-bond acceptors (Lipinski definition) is 4. The molecule has 2 heterocycles. The van der Waals surface area contributed by atoms with E-state index in [2.05, 4.69) is 31.2 Å². The van der Waals surface area contributed by atoms with Crippen LogP contribution in [0.1, 0.15) is 10.4 Å². The summed E-state index contributed by atoms with van der Waals surface area (Å²) in [6, 6.07) is 2.88. The summed E-state index contributed by atoms with van der Waals surface area (Å²) in [5.74, 6) is -1.03. The Kier molecular flexibility index (Phi) is 3.52. The zero-order valence-electron chi connectivity index (χ0n) is 9.02. The number of hydrogen-bond donors (Lipinski definition) is 2. The van der Waals surface area contributed by atoms with Crippen LogP contribution in [0.15, 0.2) is 35.2 Å². The van der Waals surface area contributed by atoms with Crippen molar-refractivity contribution in [1.29, 1.82) is 0 Å². The Balaban J connectivity index is 2.24. The predicted octanol–water partition coefficient (Wildman–Crippen LogP) is 2.21.